The Balaban J connectivity index is 1.91. The van der Waals surface area contributed by atoms with Gasteiger partial charge < -0.3 is 20.1 Å². The second kappa shape index (κ2) is 6.88. The molecule has 2 heterocycles. The molecular formula is C16H19N5O2S. The first-order valence-corrected chi connectivity index (χ1v) is 8.29. The third-order valence-electron chi connectivity index (χ3n) is 3.70. The van der Waals surface area contributed by atoms with Crippen molar-refractivity contribution in [1.82, 2.24) is 15.0 Å². The molecule has 0 saturated heterocycles. The van der Waals surface area contributed by atoms with Crippen molar-refractivity contribution in [1.29, 1.82) is 0 Å². The number of methoxy groups -OCH3 is 2. The van der Waals surface area contributed by atoms with Gasteiger partial charge in [0.15, 0.2) is 11.5 Å². The Morgan fingerprint density at radius 1 is 1.17 bits per heavy atom. The SMILES string of the molecule is COc1cc2nc(N(C)CCc3nccs3)nc(N)c2cc1OC. The van der Waals surface area contributed by atoms with Crippen molar-refractivity contribution < 1.29 is 9.47 Å². The second-order valence-electron chi connectivity index (χ2n) is 5.23. The molecule has 0 unspecified atom stereocenters. The van der Waals surface area contributed by atoms with Crippen LogP contribution in [0.15, 0.2) is 23.7 Å². The fraction of sp³-hybridized carbons (Fsp3) is 0.312. The molecule has 0 aliphatic heterocycles. The van der Waals surface area contributed by atoms with Crippen molar-refractivity contribution in [2.24, 2.45) is 0 Å². The Kier molecular flexibility index (Phi) is 4.66. The number of aromatic nitrogens is 3. The van der Waals surface area contributed by atoms with E-state index in [1.807, 2.05) is 29.6 Å². The smallest absolute Gasteiger partial charge is 0.227 e. The minimum Gasteiger partial charge on any atom is -0.493 e. The third kappa shape index (κ3) is 3.18. The van der Waals surface area contributed by atoms with Gasteiger partial charge in [-0.05, 0) is 6.07 Å². The van der Waals surface area contributed by atoms with Gasteiger partial charge in [-0.2, -0.15) is 4.98 Å². The number of thiazole rings is 1. The molecule has 0 spiro atoms. The second-order valence-corrected chi connectivity index (χ2v) is 6.21. The number of benzene rings is 1. The number of nitrogens with two attached hydrogens (primary N) is 1. The predicted molar refractivity (Wildman–Crippen MR) is 96.1 cm³/mol. The lowest BCUT2D eigenvalue weighted by Gasteiger charge is -2.18. The van der Waals surface area contributed by atoms with E-state index < -0.39 is 0 Å². The van der Waals surface area contributed by atoms with E-state index in [9.17, 15) is 0 Å². The lowest BCUT2D eigenvalue weighted by molar-refractivity contribution is 0.356. The van der Waals surface area contributed by atoms with Crippen LogP contribution < -0.4 is 20.1 Å². The summed E-state index contributed by atoms with van der Waals surface area (Å²) in [6.45, 7) is 0.756. The summed E-state index contributed by atoms with van der Waals surface area (Å²) in [7, 11) is 5.12. The lowest BCUT2D eigenvalue weighted by atomic mass is 10.2. The lowest BCUT2D eigenvalue weighted by Crippen LogP contribution is -2.23. The van der Waals surface area contributed by atoms with E-state index in [0.29, 0.717) is 23.3 Å². The Labute approximate surface area is 144 Å². The zero-order valence-corrected chi connectivity index (χ0v) is 14.6. The van der Waals surface area contributed by atoms with Gasteiger partial charge >= 0.3 is 0 Å². The molecule has 2 N–H and O–H groups in total. The highest BCUT2D eigenvalue weighted by Gasteiger charge is 2.13. The summed E-state index contributed by atoms with van der Waals surface area (Å²) in [5, 5.41) is 3.80. The summed E-state index contributed by atoms with van der Waals surface area (Å²) in [5.74, 6) is 2.20. The summed E-state index contributed by atoms with van der Waals surface area (Å²) in [6.07, 6.45) is 2.64. The highest BCUT2D eigenvalue weighted by molar-refractivity contribution is 7.09. The summed E-state index contributed by atoms with van der Waals surface area (Å²) in [4.78, 5) is 15.3. The first kappa shape index (κ1) is 16.3. The Morgan fingerprint density at radius 2 is 1.92 bits per heavy atom. The van der Waals surface area contributed by atoms with Crippen LogP contribution in [0.25, 0.3) is 10.9 Å². The van der Waals surface area contributed by atoms with Gasteiger partial charge in [-0.1, -0.05) is 0 Å². The molecule has 8 heteroatoms. The van der Waals surface area contributed by atoms with Crippen LogP contribution in [-0.4, -0.2) is 42.8 Å². The van der Waals surface area contributed by atoms with E-state index in [2.05, 4.69) is 15.0 Å². The molecule has 3 aromatic rings. The summed E-state index contributed by atoms with van der Waals surface area (Å²) >= 11 is 1.64. The fourth-order valence-electron chi connectivity index (χ4n) is 2.38. The van der Waals surface area contributed by atoms with Crippen LogP contribution in [-0.2, 0) is 6.42 Å². The van der Waals surface area contributed by atoms with E-state index in [0.717, 1.165) is 28.9 Å². The van der Waals surface area contributed by atoms with Crippen LogP contribution in [0.4, 0.5) is 11.8 Å². The molecule has 7 nitrogen and oxygen atoms in total. The molecule has 0 amide bonds. The van der Waals surface area contributed by atoms with E-state index in [-0.39, 0.29) is 0 Å². The molecule has 0 saturated carbocycles. The summed E-state index contributed by atoms with van der Waals surface area (Å²) in [5.41, 5.74) is 6.83. The van der Waals surface area contributed by atoms with Gasteiger partial charge in [0, 0.05) is 43.0 Å². The average molecular weight is 345 g/mol. The topological polar surface area (TPSA) is 86.4 Å². The van der Waals surface area contributed by atoms with Crippen LogP contribution >= 0.6 is 11.3 Å². The maximum Gasteiger partial charge on any atom is 0.227 e. The Bertz CT molecular complexity index is 838. The van der Waals surface area contributed by atoms with Gasteiger partial charge in [0.1, 0.15) is 5.82 Å². The normalized spacial score (nSPS) is 10.8. The number of nitrogens with zero attached hydrogens (tertiary/aromatic N) is 4. The molecule has 0 aliphatic rings. The number of ether oxygens (including phenoxy) is 2. The van der Waals surface area contributed by atoms with Gasteiger partial charge in [-0.3, -0.25) is 0 Å². The Hall–Kier alpha value is -2.61. The van der Waals surface area contributed by atoms with Gasteiger partial charge in [0.05, 0.1) is 24.7 Å². The summed E-state index contributed by atoms with van der Waals surface area (Å²) < 4.78 is 10.6. The van der Waals surface area contributed by atoms with Crippen molar-refractivity contribution in [2.45, 2.75) is 6.42 Å². The van der Waals surface area contributed by atoms with Crippen LogP contribution in [0, 0.1) is 0 Å². The molecule has 0 aliphatic carbocycles. The van der Waals surface area contributed by atoms with E-state index in [1.165, 1.54) is 0 Å². The van der Waals surface area contributed by atoms with Crippen LogP contribution in [0.3, 0.4) is 0 Å². The van der Waals surface area contributed by atoms with Crippen molar-refractivity contribution in [3.05, 3.63) is 28.7 Å². The van der Waals surface area contributed by atoms with Crippen LogP contribution in [0.5, 0.6) is 11.5 Å². The minimum atomic E-state index is 0.414. The minimum absolute atomic E-state index is 0.414. The van der Waals surface area contributed by atoms with Crippen molar-refractivity contribution >= 4 is 34.0 Å². The van der Waals surface area contributed by atoms with Crippen molar-refractivity contribution in [3.8, 4) is 11.5 Å². The Morgan fingerprint density at radius 3 is 2.58 bits per heavy atom. The monoisotopic (exact) mass is 345 g/mol. The molecule has 0 bridgehead atoms. The number of nitrogen functional groups attached to an aromatic ring is 1. The quantitative estimate of drug-likeness (QED) is 0.734. The zero-order valence-electron chi connectivity index (χ0n) is 13.8. The first-order chi connectivity index (χ1) is 11.6. The standard InChI is InChI=1S/C16H19N5O2S/c1-21(6-4-14-18-5-7-24-14)16-19-11-9-13(23-3)12(22-2)8-10(11)15(17)20-16/h5,7-9H,4,6H2,1-3H3,(H2,17,19,20). The van der Waals surface area contributed by atoms with Crippen molar-refractivity contribution in [3.63, 3.8) is 0 Å². The third-order valence-corrected chi connectivity index (χ3v) is 4.54. The average Bonchev–Trinajstić information content (AvgIpc) is 3.11. The highest BCUT2D eigenvalue weighted by atomic mass is 32.1. The molecule has 3 rings (SSSR count). The van der Waals surface area contributed by atoms with Crippen LogP contribution in [0.1, 0.15) is 5.01 Å². The molecule has 126 valence electrons. The van der Waals surface area contributed by atoms with Gasteiger partial charge in [0.25, 0.3) is 0 Å². The molecular weight excluding hydrogens is 326 g/mol. The molecule has 0 atom stereocenters. The maximum absolute atomic E-state index is 6.12. The molecule has 24 heavy (non-hydrogen) atoms. The van der Waals surface area contributed by atoms with E-state index >= 15 is 0 Å². The zero-order chi connectivity index (χ0) is 17.1. The largest absolute Gasteiger partial charge is 0.493 e. The molecule has 2 aromatic heterocycles. The van der Waals surface area contributed by atoms with E-state index in [1.54, 1.807) is 31.6 Å². The van der Waals surface area contributed by atoms with Crippen LogP contribution in [0.2, 0.25) is 0 Å². The van der Waals surface area contributed by atoms with Gasteiger partial charge in [-0.25, -0.2) is 9.97 Å². The van der Waals surface area contributed by atoms with Gasteiger partial charge in [-0.15, -0.1) is 11.3 Å². The number of rotatable bonds is 6. The number of fused-ring (bicyclic) bond motifs is 1. The molecule has 1 aromatic carbocycles. The number of anilines is 2. The summed E-state index contributed by atoms with van der Waals surface area (Å²) in [6, 6.07) is 3.60. The molecule has 0 fully saturated rings. The predicted octanol–water partition coefficient (Wildman–Crippen LogP) is 2.36. The highest BCUT2D eigenvalue weighted by Crippen LogP contribution is 2.33. The maximum atomic E-state index is 6.12. The van der Waals surface area contributed by atoms with E-state index in [4.69, 9.17) is 15.2 Å². The molecule has 0 radical (unpaired) electrons. The first-order valence-electron chi connectivity index (χ1n) is 7.41. The van der Waals surface area contributed by atoms with Gasteiger partial charge in [0.2, 0.25) is 5.95 Å². The fourth-order valence-corrected chi connectivity index (χ4v) is 2.99. The number of hydrogen-bond donors (Lipinski definition) is 1. The number of likely N-dealkylation sites (N-methyl/N-ethyl adjacent to an activating group) is 1. The van der Waals surface area contributed by atoms with Crippen molar-refractivity contribution in [2.75, 3.05) is 38.4 Å². The number of hydrogen-bond acceptors (Lipinski definition) is 8.